The Kier molecular flexibility index (Phi) is 5.98. The first-order valence-electron chi connectivity index (χ1n) is 5.69. The summed E-state index contributed by atoms with van der Waals surface area (Å²) in [4.78, 5) is 2.25. The normalized spacial score (nSPS) is 13.6. The van der Waals surface area contributed by atoms with Gasteiger partial charge in [-0.05, 0) is 43.3 Å². The molecule has 0 bridgehead atoms. The van der Waals surface area contributed by atoms with Crippen molar-refractivity contribution in [2.24, 2.45) is 5.73 Å². The van der Waals surface area contributed by atoms with Crippen molar-refractivity contribution in [3.05, 3.63) is 22.4 Å². The first kappa shape index (κ1) is 13.6. The van der Waals surface area contributed by atoms with Crippen LogP contribution in [0.5, 0.6) is 0 Å². The van der Waals surface area contributed by atoms with E-state index in [0.29, 0.717) is 18.7 Å². The molecule has 0 aromatic carbocycles. The Labute approximate surface area is 102 Å². The monoisotopic (exact) mass is 242 g/mol. The number of rotatable bonds is 7. The van der Waals surface area contributed by atoms with Crippen LogP contribution in [0, 0.1) is 0 Å². The molecule has 1 rings (SSSR count). The summed E-state index contributed by atoms with van der Waals surface area (Å²) in [7, 11) is 2.10. The smallest absolute Gasteiger partial charge is 0.0597 e. The number of ether oxygens (including phenoxy) is 1. The molecule has 1 heterocycles. The molecule has 0 aliphatic carbocycles. The fourth-order valence-electron chi connectivity index (χ4n) is 1.62. The lowest BCUT2D eigenvalue weighted by molar-refractivity contribution is 0.0565. The van der Waals surface area contributed by atoms with Crippen molar-refractivity contribution >= 4 is 11.3 Å². The molecule has 4 heteroatoms. The van der Waals surface area contributed by atoms with E-state index in [1.807, 2.05) is 0 Å². The van der Waals surface area contributed by atoms with E-state index >= 15 is 0 Å². The van der Waals surface area contributed by atoms with E-state index in [2.05, 4.69) is 42.6 Å². The molecule has 0 amide bonds. The highest BCUT2D eigenvalue weighted by Crippen LogP contribution is 2.20. The van der Waals surface area contributed by atoms with Gasteiger partial charge in [0.15, 0.2) is 0 Å². The molecule has 16 heavy (non-hydrogen) atoms. The van der Waals surface area contributed by atoms with Crippen LogP contribution in [0.25, 0.3) is 0 Å². The van der Waals surface area contributed by atoms with Gasteiger partial charge in [-0.3, -0.25) is 4.90 Å². The fourth-order valence-corrected chi connectivity index (χ4v) is 2.33. The number of thiophene rings is 1. The standard InChI is InChI=1S/C12H22N2OS/c1-10(2)15-6-5-14(3)12(8-13)11-4-7-16-9-11/h4,7,9-10,12H,5-6,8,13H2,1-3H3. The molecule has 3 nitrogen and oxygen atoms in total. The summed E-state index contributed by atoms with van der Waals surface area (Å²) in [5, 5.41) is 4.26. The molecule has 0 spiro atoms. The van der Waals surface area contributed by atoms with Gasteiger partial charge in [0.25, 0.3) is 0 Å². The summed E-state index contributed by atoms with van der Waals surface area (Å²) in [6.07, 6.45) is 0.297. The molecular formula is C12H22N2OS. The van der Waals surface area contributed by atoms with Gasteiger partial charge in [-0.1, -0.05) is 0 Å². The lowest BCUT2D eigenvalue weighted by Crippen LogP contribution is -2.33. The highest BCUT2D eigenvalue weighted by atomic mass is 32.1. The summed E-state index contributed by atoms with van der Waals surface area (Å²) in [6, 6.07) is 2.45. The largest absolute Gasteiger partial charge is 0.377 e. The minimum Gasteiger partial charge on any atom is -0.377 e. The zero-order chi connectivity index (χ0) is 12.0. The summed E-state index contributed by atoms with van der Waals surface area (Å²) >= 11 is 1.72. The Morgan fingerprint density at radius 2 is 2.25 bits per heavy atom. The number of hydrogen-bond donors (Lipinski definition) is 1. The topological polar surface area (TPSA) is 38.5 Å². The lowest BCUT2D eigenvalue weighted by Gasteiger charge is -2.26. The predicted octanol–water partition coefficient (Wildman–Crippen LogP) is 2.10. The molecule has 0 radical (unpaired) electrons. The number of hydrogen-bond acceptors (Lipinski definition) is 4. The van der Waals surface area contributed by atoms with Crippen LogP contribution in [0.2, 0.25) is 0 Å². The molecule has 92 valence electrons. The maximum atomic E-state index is 5.82. The van der Waals surface area contributed by atoms with Crippen molar-refractivity contribution < 1.29 is 4.74 Å². The average Bonchev–Trinajstić information content (AvgIpc) is 2.71. The van der Waals surface area contributed by atoms with Crippen LogP contribution in [-0.2, 0) is 4.74 Å². The van der Waals surface area contributed by atoms with Crippen LogP contribution >= 0.6 is 11.3 Å². The van der Waals surface area contributed by atoms with Crippen molar-refractivity contribution in [3.63, 3.8) is 0 Å². The number of likely N-dealkylation sites (N-methyl/N-ethyl adjacent to an activating group) is 1. The van der Waals surface area contributed by atoms with E-state index in [-0.39, 0.29) is 0 Å². The van der Waals surface area contributed by atoms with Crippen LogP contribution in [0.3, 0.4) is 0 Å². The van der Waals surface area contributed by atoms with Crippen molar-refractivity contribution in [2.45, 2.75) is 26.0 Å². The van der Waals surface area contributed by atoms with Crippen LogP contribution in [0.4, 0.5) is 0 Å². The van der Waals surface area contributed by atoms with E-state index in [1.165, 1.54) is 5.56 Å². The quantitative estimate of drug-likeness (QED) is 0.796. The summed E-state index contributed by atoms with van der Waals surface area (Å²) < 4.78 is 5.54. The number of nitrogens with two attached hydrogens (primary N) is 1. The van der Waals surface area contributed by atoms with Gasteiger partial charge >= 0.3 is 0 Å². The summed E-state index contributed by atoms with van der Waals surface area (Å²) in [5.74, 6) is 0. The van der Waals surface area contributed by atoms with Crippen LogP contribution in [-0.4, -0.2) is 37.7 Å². The van der Waals surface area contributed by atoms with E-state index < -0.39 is 0 Å². The maximum absolute atomic E-state index is 5.82. The number of nitrogens with zero attached hydrogens (tertiary/aromatic N) is 1. The SMILES string of the molecule is CC(C)OCCN(C)C(CN)c1ccsc1. The van der Waals surface area contributed by atoms with Gasteiger partial charge < -0.3 is 10.5 Å². The molecular weight excluding hydrogens is 220 g/mol. The molecule has 1 aromatic rings. The Hall–Kier alpha value is -0.420. The molecule has 1 unspecified atom stereocenters. The van der Waals surface area contributed by atoms with Gasteiger partial charge in [0.05, 0.1) is 12.7 Å². The molecule has 1 atom stereocenters. The Balaban J connectivity index is 2.41. The van der Waals surface area contributed by atoms with Gasteiger partial charge in [0.2, 0.25) is 0 Å². The Morgan fingerprint density at radius 1 is 1.50 bits per heavy atom. The second-order valence-electron chi connectivity index (χ2n) is 4.21. The van der Waals surface area contributed by atoms with Crippen LogP contribution in [0.15, 0.2) is 16.8 Å². The first-order chi connectivity index (χ1) is 7.65. The lowest BCUT2D eigenvalue weighted by atomic mass is 10.1. The molecule has 0 fully saturated rings. The van der Waals surface area contributed by atoms with Gasteiger partial charge in [-0.2, -0.15) is 11.3 Å². The minimum atomic E-state index is 0.297. The fraction of sp³-hybridized carbons (Fsp3) is 0.667. The van der Waals surface area contributed by atoms with Crippen molar-refractivity contribution in [1.82, 2.24) is 4.90 Å². The van der Waals surface area contributed by atoms with Crippen LogP contribution in [0.1, 0.15) is 25.5 Å². The first-order valence-corrected chi connectivity index (χ1v) is 6.63. The van der Waals surface area contributed by atoms with Gasteiger partial charge in [0, 0.05) is 19.1 Å². The van der Waals surface area contributed by atoms with E-state index in [9.17, 15) is 0 Å². The Bertz CT molecular complexity index is 275. The van der Waals surface area contributed by atoms with E-state index in [4.69, 9.17) is 10.5 Å². The van der Waals surface area contributed by atoms with Gasteiger partial charge in [-0.15, -0.1) is 0 Å². The van der Waals surface area contributed by atoms with Gasteiger partial charge in [0.1, 0.15) is 0 Å². The van der Waals surface area contributed by atoms with E-state index in [0.717, 1.165) is 13.2 Å². The predicted molar refractivity (Wildman–Crippen MR) is 69.8 cm³/mol. The summed E-state index contributed by atoms with van der Waals surface area (Å²) in [6.45, 7) is 6.43. The molecule has 0 aliphatic heterocycles. The molecule has 0 aliphatic rings. The second kappa shape index (κ2) is 7.01. The molecule has 0 saturated carbocycles. The highest BCUT2D eigenvalue weighted by Gasteiger charge is 2.15. The third kappa shape index (κ3) is 4.22. The molecule has 2 N–H and O–H groups in total. The molecule has 0 saturated heterocycles. The van der Waals surface area contributed by atoms with Crippen molar-refractivity contribution in [1.29, 1.82) is 0 Å². The second-order valence-corrected chi connectivity index (χ2v) is 4.99. The summed E-state index contributed by atoms with van der Waals surface area (Å²) in [5.41, 5.74) is 7.12. The third-order valence-corrected chi connectivity index (χ3v) is 3.28. The zero-order valence-corrected chi connectivity index (χ0v) is 11.2. The minimum absolute atomic E-state index is 0.297. The third-order valence-electron chi connectivity index (χ3n) is 2.58. The average molecular weight is 242 g/mol. The van der Waals surface area contributed by atoms with Gasteiger partial charge in [-0.25, -0.2) is 0 Å². The Morgan fingerprint density at radius 3 is 2.75 bits per heavy atom. The zero-order valence-electron chi connectivity index (χ0n) is 10.3. The highest BCUT2D eigenvalue weighted by molar-refractivity contribution is 7.07. The molecule has 1 aromatic heterocycles. The van der Waals surface area contributed by atoms with E-state index in [1.54, 1.807) is 11.3 Å². The van der Waals surface area contributed by atoms with Crippen molar-refractivity contribution in [3.8, 4) is 0 Å². The maximum Gasteiger partial charge on any atom is 0.0597 e. The van der Waals surface area contributed by atoms with Crippen molar-refractivity contribution in [2.75, 3.05) is 26.7 Å². The van der Waals surface area contributed by atoms with Crippen LogP contribution < -0.4 is 5.73 Å².